The standard InChI is InChI=1S/C16H15NO5S2/c1-8(2)12(15(21)22)17-13(18)11(24-16(17)23)7-9-3-5-10(6-4-9)14(19)20/h3-8,12H,1-2H3,(H,19,20)(H,21,22)/t12-/m0/s1. The fourth-order valence-electron chi connectivity index (χ4n) is 2.29. The van der Waals surface area contributed by atoms with Gasteiger partial charge >= 0.3 is 11.9 Å². The molecule has 1 heterocycles. The Kier molecular flexibility index (Phi) is 5.40. The highest BCUT2D eigenvalue weighted by atomic mass is 32.2. The Morgan fingerprint density at radius 1 is 1.21 bits per heavy atom. The number of rotatable bonds is 5. The van der Waals surface area contributed by atoms with E-state index < -0.39 is 23.9 Å². The minimum atomic E-state index is -1.10. The number of nitrogens with zero attached hydrogens (tertiary/aromatic N) is 1. The minimum Gasteiger partial charge on any atom is -0.480 e. The van der Waals surface area contributed by atoms with E-state index in [4.69, 9.17) is 17.3 Å². The minimum absolute atomic E-state index is 0.144. The Bertz CT molecular complexity index is 739. The van der Waals surface area contributed by atoms with Crippen LogP contribution in [0.25, 0.3) is 6.08 Å². The molecule has 0 bridgehead atoms. The van der Waals surface area contributed by atoms with Gasteiger partial charge in [0, 0.05) is 0 Å². The van der Waals surface area contributed by atoms with Crippen LogP contribution in [0.4, 0.5) is 0 Å². The van der Waals surface area contributed by atoms with Gasteiger partial charge in [-0.2, -0.15) is 0 Å². The van der Waals surface area contributed by atoms with Crippen molar-refractivity contribution in [1.29, 1.82) is 0 Å². The molecular formula is C16H15NO5S2. The first-order valence-electron chi connectivity index (χ1n) is 7.05. The highest BCUT2D eigenvalue weighted by Crippen LogP contribution is 2.35. The summed E-state index contributed by atoms with van der Waals surface area (Å²) < 4.78 is 0.203. The van der Waals surface area contributed by atoms with Crippen molar-refractivity contribution in [3.63, 3.8) is 0 Å². The molecule has 8 heteroatoms. The molecule has 0 radical (unpaired) electrons. The van der Waals surface area contributed by atoms with Crippen molar-refractivity contribution in [3.05, 3.63) is 40.3 Å². The summed E-state index contributed by atoms with van der Waals surface area (Å²) in [7, 11) is 0. The molecule has 1 aromatic rings. The first kappa shape index (κ1) is 18.2. The molecule has 126 valence electrons. The Hall–Kier alpha value is -2.19. The fraction of sp³-hybridized carbons (Fsp3) is 0.250. The molecule has 2 N–H and O–H groups in total. The largest absolute Gasteiger partial charge is 0.480 e. The van der Waals surface area contributed by atoms with Crippen molar-refractivity contribution in [2.45, 2.75) is 19.9 Å². The van der Waals surface area contributed by atoms with Crippen LogP contribution in [0.3, 0.4) is 0 Å². The van der Waals surface area contributed by atoms with E-state index >= 15 is 0 Å². The normalized spacial score (nSPS) is 17.6. The van der Waals surface area contributed by atoms with Crippen molar-refractivity contribution in [2.75, 3.05) is 0 Å². The number of hydrogen-bond acceptors (Lipinski definition) is 5. The van der Waals surface area contributed by atoms with Gasteiger partial charge in [-0.05, 0) is 29.7 Å². The van der Waals surface area contributed by atoms with Crippen LogP contribution in [-0.2, 0) is 9.59 Å². The number of carboxylic acid groups (broad SMARTS) is 2. The zero-order valence-electron chi connectivity index (χ0n) is 12.9. The number of thioether (sulfide) groups is 1. The first-order valence-corrected chi connectivity index (χ1v) is 8.28. The Morgan fingerprint density at radius 2 is 1.79 bits per heavy atom. The second-order valence-corrected chi connectivity index (χ2v) is 7.18. The number of benzene rings is 1. The van der Waals surface area contributed by atoms with Crippen LogP contribution in [0.15, 0.2) is 29.2 Å². The highest BCUT2D eigenvalue weighted by molar-refractivity contribution is 8.26. The van der Waals surface area contributed by atoms with Gasteiger partial charge in [0.15, 0.2) is 0 Å². The van der Waals surface area contributed by atoms with Gasteiger partial charge in [0.05, 0.1) is 10.5 Å². The third-order valence-corrected chi connectivity index (χ3v) is 4.77. The van der Waals surface area contributed by atoms with Gasteiger partial charge in [0.2, 0.25) is 0 Å². The molecule has 0 spiro atoms. The molecule has 1 aliphatic heterocycles. The monoisotopic (exact) mass is 365 g/mol. The Labute approximate surface area is 148 Å². The van der Waals surface area contributed by atoms with Gasteiger partial charge in [-0.3, -0.25) is 9.69 Å². The van der Waals surface area contributed by atoms with Crippen LogP contribution in [0, 0.1) is 5.92 Å². The maximum absolute atomic E-state index is 12.5. The van der Waals surface area contributed by atoms with Gasteiger partial charge in [0.25, 0.3) is 5.91 Å². The van der Waals surface area contributed by atoms with E-state index in [1.807, 2.05) is 0 Å². The van der Waals surface area contributed by atoms with Crippen molar-refractivity contribution < 1.29 is 24.6 Å². The smallest absolute Gasteiger partial charge is 0.335 e. The average molecular weight is 365 g/mol. The van der Waals surface area contributed by atoms with Crippen molar-refractivity contribution in [2.24, 2.45) is 5.92 Å². The predicted molar refractivity (Wildman–Crippen MR) is 94.7 cm³/mol. The lowest BCUT2D eigenvalue weighted by Gasteiger charge is -2.26. The molecule has 0 aromatic heterocycles. The van der Waals surface area contributed by atoms with E-state index in [1.54, 1.807) is 32.1 Å². The number of amides is 1. The SMILES string of the molecule is CC(C)[C@@H](C(=O)O)N1C(=O)C(=Cc2ccc(C(=O)O)cc2)SC1=S. The zero-order valence-corrected chi connectivity index (χ0v) is 14.6. The van der Waals surface area contributed by atoms with Crippen LogP contribution in [0.1, 0.15) is 29.8 Å². The number of hydrogen-bond donors (Lipinski definition) is 2. The summed E-state index contributed by atoms with van der Waals surface area (Å²) in [5, 5.41) is 18.2. The van der Waals surface area contributed by atoms with Gasteiger partial charge in [0.1, 0.15) is 10.4 Å². The van der Waals surface area contributed by atoms with Gasteiger partial charge in [-0.25, -0.2) is 9.59 Å². The van der Waals surface area contributed by atoms with Crippen molar-refractivity contribution in [1.82, 2.24) is 4.90 Å². The summed E-state index contributed by atoms with van der Waals surface area (Å²) in [6.07, 6.45) is 1.57. The quantitative estimate of drug-likeness (QED) is 0.612. The van der Waals surface area contributed by atoms with Gasteiger partial charge in [-0.1, -0.05) is 50.0 Å². The van der Waals surface area contributed by atoms with E-state index in [-0.39, 0.29) is 15.8 Å². The molecule has 24 heavy (non-hydrogen) atoms. The lowest BCUT2D eigenvalue weighted by atomic mass is 10.0. The number of carboxylic acids is 2. The van der Waals surface area contributed by atoms with E-state index in [9.17, 15) is 19.5 Å². The van der Waals surface area contributed by atoms with Crippen LogP contribution in [0.5, 0.6) is 0 Å². The second-order valence-electron chi connectivity index (χ2n) is 5.51. The lowest BCUT2D eigenvalue weighted by molar-refractivity contribution is -0.146. The van der Waals surface area contributed by atoms with Gasteiger partial charge < -0.3 is 10.2 Å². The molecule has 0 aliphatic carbocycles. The summed E-state index contributed by atoms with van der Waals surface area (Å²) in [5.74, 6) is -2.88. The summed E-state index contributed by atoms with van der Waals surface area (Å²) >= 11 is 6.21. The second kappa shape index (κ2) is 7.14. The molecule has 0 saturated carbocycles. The molecule has 1 aliphatic rings. The molecule has 0 unspecified atom stereocenters. The summed E-state index contributed by atoms with van der Waals surface area (Å²) in [6, 6.07) is 5.00. The number of aromatic carboxylic acids is 1. The maximum atomic E-state index is 12.5. The van der Waals surface area contributed by atoms with E-state index in [2.05, 4.69) is 0 Å². The maximum Gasteiger partial charge on any atom is 0.335 e. The molecule has 1 saturated heterocycles. The van der Waals surface area contributed by atoms with Crippen molar-refractivity contribution >= 4 is 52.2 Å². The highest BCUT2D eigenvalue weighted by Gasteiger charge is 2.41. The van der Waals surface area contributed by atoms with Crippen molar-refractivity contribution in [3.8, 4) is 0 Å². The summed E-state index contributed by atoms with van der Waals surface area (Å²) in [6.45, 7) is 3.43. The number of carbonyl (C=O) groups is 3. The topological polar surface area (TPSA) is 94.9 Å². The van der Waals surface area contributed by atoms with Crippen LogP contribution < -0.4 is 0 Å². The first-order chi connectivity index (χ1) is 11.2. The molecule has 6 nitrogen and oxygen atoms in total. The Balaban J connectivity index is 2.30. The predicted octanol–water partition coefficient (Wildman–Crippen LogP) is 2.70. The summed E-state index contributed by atoms with van der Waals surface area (Å²) in [5.41, 5.74) is 0.780. The number of carbonyl (C=O) groups excluding carboxylic acids is 1. The molecule has 1 fully saturated rings. The third kappa shape index (κ3) is 3.65. The number of thiocarbonyl (C=S) groups is 1. The lowest BCUT2D eigenvalue weighted by Crippen LogP contribution is -2.47. The van der Waals surface area contributed by atoms with E-state index in [0.717, 1.165) is 16.7 Å². The van der Waals surface area contributed by atoms with E-state index in [0.29, 0.717) is 10.5 Å². The molecule has 1 atom stereocenters. The third-order valence-electron chi connectivity index (χ3n) is 3.44. The molecule has 1 amide bonds. The molecule has 2 rings (SSSR count). The molecule has 1 aromatic carbocycles. The van der Waals surface area contributed by atoms with Gasteiger partial charge in [-0.15, -0.1) is 0 Å². The van der Waals surface area contributed by atoms with Crippen LogP contribution in [-0.4, -0.2) is 43.3 Å². The number of aliphatic carboxylic acids is 1. The van der Waals surface area contributed by atoms with E-state index in [1.165, 1.54) is 12.1 Å². The van der Waals surface area contributed by atoms with Crippen LogP contribution in [0.2, 0.25) is 0 Å². The van der Waals surface area contributed by atoms with Crippen LogP contribution >= 0.6 is 24.0 Å². The fourth-order valence-corrected chi connectivity index (χ4v) is 3.62. The molecular weight excluding hydrogens is 350 g/mol. The zero-order chi connectivity index (χ0) is 18.0. The summed E-state index contributed by atoms with van der Waals surface area (Å²) in [4.78, 5) is 36.3. The Morgan fingerprint density at radius 3 is 2.25 bits per heavy atom. The average Bonchev–Trinajstić information content (AvgIpc) is 2.75.